The fourth-order valence-electron chi connectivity index (χ4n) is 3.04. The van der Waals surface area contributed by atoms with Gasteiger partial charge in [0.15, 0.2) is 0 Å². The van der Waals surface area contributed by atoms with Crippen molar-refractivity contribution in [2.45, 2.75) is 43.1 Å². The number of halogens is 5. The zero-order valence-electron chi connectivity index (χ0n) is 11.0. The predicted octanol–water partition coefficient (Wildman–Crippen LogP) is 5.50. The molecule has 0 aliphatic heterocycles. The fraction of sp³-hybridized carbons (Fsp3) is 0.600. The van der Waals surface area contributed by atoms with Gasteiger partial charge >= 0.3 is 6.18 Å². The van der Waals surface area contributed by atoms with Crippen LogP contribution in [0.1, 0.15) is 31.2 Å². The molecule has 3 atom stereocenters. The molecule has 0 saturated heterocycles. The van der Waals surface area contributed by atoms with Crippen LogP contribution in [0.4, 0.5) is 17.6 Å². The molecule has 1 aromatic rings. The standard InChI is InChI=1S/C15H17BrF4/c16-14(9-10-4-3-5-11(17)8-10)12-6-1-2-7-13(12)15(18,19)20/h3-5,8,12-14H,1-2,6-7,9H2. The average molecular weight is 353 g/mol. The van der Waals surface area contributed by atoms with Gasteiger partial charge in [-0.1, -0.05) is 40.9 Å². The third-order valence-electron chi connectivity index (χ3n) is 4.02. The largest absolute Gasteiger partial charge is 0.392 e. The molecule has 0 spiro atoms. The summed E-state index contributed by atoms with van der Waals surface area (Å²) in [4.78, 5) is -0.267. The molecule has 0 amide bonds. The second-order valence-electron chi connectivity index (χ2n) is 5.45. The Kier molecular flexibility index (Phi) is 5.10. The van der Waals surface area contributed by atoms with Crippen LogP contribution in [-0.2, 0) is 6.42 Å². The molecule has 0 nitrogen and oxygen atoms in total. The third kappa shape index (κ3) is 3.96. The van der Waals surface area contributed by atoms with E-state index in [4.69, 9.17) is 0 Å². The normalized spacial score (nSPS) is 25.4. The minimum atomic E-state index is -4.14. The highest BCUT2D eigenvalue weighted by molar-refractivity contribution is 9.09. The van der Waals surface area contributed by atoms with E-state index in [1.165, 1.54) is 12.1 Å². The van der Waals surface area contributed by atoms with Gasteiger partial charge in [0.1, 0.15) is 5.82 Å². The van der Waals surface area contributed by atoms with Gasteiger partial charge in [-0.2, -0.15) is 13.2 Å². The number of hydrogen-bond acceptors (Lipinski definition) is 0. The molecule has 0 heterocycles. The van der Waals surface area contributed by atoms with Crippen molar-refractivity contribution in [3.63, 3.8) is 0 Å². The van der Waals surface area contributed by atoms with Crippen molar-refractivity contribution in [3.8, 4) is 0 Å². The van der Waals surface area contributed by atoms with Crippen LogP contribution in [0, 0.1) is 17.7 Å². The number of rotatable bonds is 3. The number of hydrogen-bond donors (Lipinski definition) is 0. The van der Waals surface area contributed by atoms with Crippen LogP contribution in [-0.4, -0.2) is 11.0 Å². The van der Waals surface area contributed by atoms with Crippen LogP contribution >= 0.6 is 15.9 Å². The van der Waals surface area contributed by atoms with Crippen molar-refractivity contribution in [1.82, 2.24) is 0 Å². The maximum absolute atomic E-state index is 13.1. The molecule has 1 aromatic carbocycles. The Hall–Kier alpha value is -0.580. The summed E-state index contributed by atoms with van der Waals surface area (Å²) in [5.41, 5.74) is 0.735. The van der Waals surface area contributed by atoms with Crippen LogP contribution in [0.25, 0.3) is 0 Å². The molecule has 0 bridgehead atoms. The van der Waals surface area contributed by atoms with Crippen molar-refractivity contribution >= 4 is 15.9 Å². The third-order valence-corrected chi connectivity index (χ3v) is 5.03. The molecular weight excluding hydrogens is 336 g/mol. The van der Waals surface area contributed by atoms with Gasteiger partial charge in [0.25, 0.3) is 0 Å². The van der Waals surface area contributed by atoms with E-state index in [1.54, 1.807) is 12.1 Å². The molecule has 1 aliphatic carbocycles. The maximum atomic E-state index is 13.1. The second kappa shape index (κ2) is 6.46. The minimum absolute atomic E-state index is 0.208. The fourth-order valence-corrected chi connectivity index (χ4v) is 4.05. The van der Waals surface area contributed by atoms with Gasteiger partial charge in [-0.3, -0.25) is 0 Å². The Balaban J connectivity index is 2.08. The first kappa shape index (κ1) is 15.8. The molecule has 112 valence electrons. The lowest BCUT2D eigenvalue weighted by molar-refractivity contribution is -0.196. The topological polar surface area (TPSA) is 0 Å². The molecular formula is C15H17BrF4. The van der Waals surface area contributed by atoms with E-state index in [-0.39, 0.29) is 17.1 Å². The molecule has 2 rings (SSSR count). The predicted molar refractivity (Wildman–Crippen MR) is 74.3 cm³/mol. The SMILES string of the molecule is Fc1cccc(CC(Br)C2CCCCC2C(F)(F)F)c1. The Morgan fingerprint density at radius 3 is 2.55 bits per heavy atom. The summed E-state index contributed by atoms with van der Waals surface area (Å²) in [6.45, 7) is 0. The quantitative estimate of drug-likeness (QED) is 0.497. The molecule has 1 fully saturated rings. The van der Waals surface area contributed by atoms with Crippen LogP contribution < -0.4 is 0 Å². The second-order valence-corrected chi connectivity index (χ2v) is 6.62. The molecule has 5 heteroatoms. The van der Waals surface area contributed by atoms with Gasteiger partial charge in [0, 0.05) is 4.83 Å². The summed E-state index contributed by atoms with van der Waals surface area (Å²) in [7, 11) is 0. The Morgan fingerprint density at radius 2 is 1.90 bits per heavy atom. The van der Waals surface area contributed by atoms with Gasteiger partial charge in [-0.05, 0) is 42.9 Å². The lowest BCUT2D eigenvalue weighted by Crippen LogP contribution is -2.38. The zero-order valence-corrected chi connectivity index (χ0v) is 12.6. The van der Waals surface area contributed by atoms with Gasteiger partial charge in [-0.25, -0.2) is 4.39 Å². The van der Waals surface area contributed by atoms with Crippen molar-refractivity contribution < 1.29 is 17.6 Å². The molecule has 0 radical (unpaired) electrons. The highest BCUT2D eigenvalue weighted by atomic mass is 79.9. The zero-order chi connectivity index (χ0) is 14.8. The Morgan fingerprint density at radius 1 is 1.20 bits per heavy atom. The lowest BCUT2D eigenvalue weighted by atomic mass is 9.76. The highest BCUT2D eigenvalue weighted by Gasteiger charge is 2.47. The van der Waals surface area contributed by atoms with Gasteiger partial charge in [0.2, 0.25) is 0 Å². The molecule has 0 aromatic heterocycles. The van der Waals surface area contributed by atoms with E-state index >= 15 is 0 Å². The Bertz CT molecular complexity index is 444. The first-order valence-electron chi connectivity index (χ1n) is 6.83. The van der Waals surface area contributed by atoms with E-state index in [0.29, 0.717) is 19.3 Å². The summed E-state index contributed by atoms with van der Waals surface area (Å²) in [6, 6.07) is 6.07. The number of alkyl halides is 4. The lowest BCUT2D eigenvalue weighted by Gasteiger charge is -2.36. The van der Waals surface area contributed by atoms with Crippen molar-refractivity contribution in [2.24, 2.45) is 11.8 Å². The first-order valence-corrected chi connectivity index (χ1v) is 7.74. The molecule has 0 N–H and O–H groups in total. The smallest absolute Gasteiger partial charge is 0.207 e. The van der Waals surface area contributed by atoms with E-state index in [2.05, 4.69) is 15.9 Å². The summed E-state index contributed by atoms with van der Waals surface area (Å²) < 4.78 is 52.4. The van der Waals surface area contributed by atoms with Crippen molar-refractivity contribution in [1.29, 1.82) is 0 Å². The maximum Gasteiger partial charge on any atom is 0.392 e. The van der Waals surface area contributed by atoms with Crippen LogP contribution in [0.15, 0.2) is 24.3 Å². The molecule has 1 saturated carbocycles. The van der Waals surface area contributed by atoms with Crippen LogP contribution in [0.3, 0.4) is 0 Å². The summed E-state index contributed by atoms with van der Waals surface area (Å²) >= 11 is 3.41. The van der Waals surface area contributed by atoms with Crippen LogP contribution in [0.2, 0.25) is 0 Å². The van der Waals surface area contributed by atoms with E-state index in [1.807, 2.05) is 0 Å². The van der Waals surface area contributed by atoms with Gasteiger partial charge < -0.3 is 0 Å². The molecule has 1 aliphatic rings. The summed E-state index contributed by atoms with van der Waals surface area (Å²) in [6.07, 6.45) is -1.45. The highest BCUT2D eigenvalue weighted by Crippen LogP contribution is 2.45. The van der Waals surface area contributed by atoms with E-state index < -0.39 is 18.0 Å². The van der Waals surface area contributed by atoms with Crippen molar-refractivity contribution in [3.05, 3.63) is 35.6 Å². The minimum Gasteiger partial charge on any atom is -0.207 e. The first-order chi connectivity index (χ1) is 9.38. The van der Waals surface area contributed by atoms with Gasteiger partial charge in [0.05, 0.1) is 5.92 Å². The van der Waals surface area contributed by atoms with E-state index in [0.717, 1.165) is 12.0 Å². The van der Waals surface area contributed by atoms with Crippen molar-refractivity contribution in [2.75, 3.05) is 0 Å². The average Bonchev–Trinajstić information content (AvgIpc) is 2.37. The monoisotopic (exact) mass is 352 g/mol. The summed E-state index contributed by atoms with van der Waals surface area (Å²) in [5.74, 6) is -2.01. The molecule has 3 unspecified atom stereocenters. The van der Waals surface area contributed by atoms with Gasteiger partial charge in [-0.15, -0.1) is 0 Å². The molecule has 20 heavy (non-hydrogen) atoms. The Labute approximate surface area is 124 Å². The summed E-state index contributed by atoms with van der Waals surface area (Å²) in [5, 5.41) is 0. The van der Waals surface area contributed by atoms with E-state index in [9.17, 15) is 17.6 Å². The number of benzene rings is 1. The van der Waals surface area contributed by atoms with Crippen LogP contribution in [0.5, 0.6) is 0 Å².